The van der Waals surface area contributed by atoms with Crippen LogP contribution < -0.4 is 10.1 Å². The summed E-state index contributed by atoms with van der Waals surface area (Å²) in [5.74, 6) is 1.56. The Morgan fingerprint density at radius 2 is 2.21 bits per heavy atom. The van der Waals surface area contributed by atoms with Gasteiger partial charge in [0.15, 0.2) is 0 Å². The molecule has 14 heavy (non-hydrogen) atoms. The number of nitrogens with zero attached hydrogens (tertiary/aromatic N) is 1. The van der Waals surface area contributed by atoms with Crippen LogP contribution in [0.4, 0.5) is 5.82 Å². The Balaban J connectivity index is 2.03. The molecule has 1 aromatic rings. The smallest absolute Gasteiger partial charge is 0.214 e. The lowest BCUT2D eigenvalue weighted by Gasteiger charge is -2.07. The molecule has 1 N–H and O–H groups in total. The van der Waals surface area contributed by atoms with Crippen molar-refractivity contribution < 1.29 is 4.74 Å². The first-order chi connectivity index (χ1) is 6.62. The molecule has 76 valence electrons. The molecule has 1 heterocycles. The fraction of sp³-hybridized carbons (Fsp3) is 0.545. The van der Waals surface area contributed by atoms with Crippen LogP contribution in [0, 0.1) is 5.41 Å². The molecule has 0 saturated heterocycles. The van der Waals surface area contributed by atoms with Crippen LogP contribution in [0.15, 0.2) is 18.2 Å². The zero-order valence-electron chi connectivity index (χ0n) is 8.87. The molecule has 3 nitrogen and oxygen atoms in total. The van der Waals surface area contributed by atoms with E-state index in [9.17, 15) is 0 Å². The van der Waals surface area contributed by atoms with Crippen LogP contribution in [0.3, 0.4) is 0 Å². The normalized spacial score (nSPS) is 22.9. The Kier molecular flexibility index (Phi) is 2.10. The highest BCUT2D eigenvalue weighted by Crippen LogP contribution is 2.46. The monoisotopic (exact) mass is 192 g/mol. The summed E-state index contributed by atoms with van der Waals surface area (Å²) in [6.45, 7) is 4.51. The predicted molar refractivity (Wildman–Crippen MR) is 56.6 cm³/mol. The summed E-state index contributed by atoms with van der Waals surface area (Å²) < 4.78 is 5.06. The summed E-state index contributed by atoms with van der Waals surface area (Å²) in [5, 5.41) is 3.39. The minimum Gasteiger partial charge on any atom is -0.481 e. The number of rotatable bonds is 3. The van der Waals surface area contributed by atoms with Gasteiger partial charge in [0.25, 0.3) is 0 Å². The van der Waals surface area contributed by atoms with Crippen molar-refractivity contribution in [1.29, 1.82) is 0 Å². The number of aromatic nitrogens is 1. The summed E-state index contributed by atoms with van der Waals surface area (Å²) >= 11 is 0. The van der Waals surface area contributed by atoms with E-state index >= 15 is 0 Å². The fourth-order valence-electron chi connectivity index (χ4n) is 1.50. The minimum atomic E-state index is 0.421. The van der Waals surface area contributed by atoms with Crippen molar-refractivity contribution in [3.63, 3.8) is 0 Å². The van der Waals surface area contributed by atoms with E-state index < -0.39 is 0 Å². The zero-order chi connectivity index (χ0) is 10.2. The standard InChI is InChI=1S/C11H16N2O/c1-11(2)7-8(11)12-9-5-4-6-10(13-9)14-3/h4-6,8H,7H2,1-3H3,(H,12,13). The number of hydrogen-bond acceptors (Lipinski definition) is 3. The van der Waals surface area contributed by atoms with E-state index in [1.54, 1.807) is 7.11 Å². The topological polar surface area (TPSA) is 34.1 Å². The number of ether oxygens (including phenoxy) is 1. The Hall–Kier alpha value is -1.25. The number of anilines is 1. The molecule has 0 bridgehead atoms. The van der Waals surface area contributed by atoms with Crippen LogP contribution in [0.1, 0.15) is 20.3 Å². The molecule has 1 aliphatic carbocycles. The predicted octanol–water partition coefficient (Wildman–Crippen LogP) is 2.30. The highest BCUT2D eigenvalue weighted by atomic mass is 16.5. The molecule has 0 aromatic carbocycles. The Morgan fingerprint density at radius 1 is 1.50 bits per heavy atom. The van der Waals surface area contributed by atoms with Crippen molar-refractivity contribution >= 4 is 5.82 Å². The average Bonchev–Trinajstić information content (AvgIpc) is 2.74. The number of pyridine rings is 1. The summed E-state index contributed by atoms with van der Waals surface area (Å²) in [7, 11) is 1.63. The molecule has 0 spiro atoms. The van der Waals surface area contributed by atoms with Crippen LogP contribution in [0.25, 0.3) is 0 Å². The molecule has 1 aliphatic rings. The Morgan fingerprint density at radius 3 is 2.79 bits per heavy atom. The third kappa shape index (κ3) is 1.81. The maximum absolute atomic E-state index is 5.06. The molecule has 1 fully saturated rings. The second kappa shape index (κ2) is 3.15. The van der Waals surface area contributed by atoms with Gasteiger partial charge in [0.05, 0.1) is 7.11 Å². The van der Waals surface area contributed by atoms with Crippen molar-refractivity contribution in [2.45, 2.75) is 26.3 Å². The van der Waals surface area contributed by atoms with Crippen LogP contribution in [-0.2, 0) is 0 Å². The Labute approximate surface area is 84.5 Å². The summed E-state index contributed by atoms with van der Waals surface area (Å²) in [4.78, 5) is 4.30. The first-order valence-electron chi connectivity index (χ1n) is 4.89. The quantitative estimate of drug-likeness (QED) is 0.798. The van der Waals surface area contributed by atoms with Crippen molar-refractivity contribution in [1.82, 2.24) is 4.98 Å². The highest BCUT2D eigenvalue weighted by molar-refractivity contribution is 5.40. The van der Waals surface area contributed by atoms with E-state index in [1.807, 2.05) is 18.2 Å². The van der Waals surface area contributed by atoms with Gasteiger partial charge in [-0.2, -0.15) is 4.98 Å². The summed E-state index contributed by atoms with van der Waals surface area (Å²) in [5.41, 5.74) is 0.421. The molecule has 0 radical (unpaired) electrons. The molecule has 1 saturated carbocycles. The number of methoxy groups -OCH3 is 1. The number of hydrogen-bond donors (Lipinski definition) is 1. The van der Waals surface area contributed by atoms with Crippen molar-refractivity contribution in [2.75, 3.05) is 12.4 Å². The van der Waals surface area contributed by atoms with Gasteiger partial charge in [-0.05, 0) is 17.9 Å². The van der Waals surface area contributed by atoms with Gasteiger partial charge in [-0.15, -0.1) is 0 Å². The van der Waals surface area contributed by atoms with Crippen LogP contribution >= 0.6 is 0 Å². The molecule has 1 unspecified atom stereocenters. The second-order valence-corrected chi connectivity index (χ2v) is 4.45. The van der Waals surface area contributed by atoms with Gasteiger partial charge >= 0.3 is 0 Å². The molecule has 3 heteroatoms. The molecule has 0 amide bonds. The lowest BCUT2D eigenvalue weighted by atomic mass is 10.2. The second-order valence-electron chi connectivity index (χ2n) is 4.45. The molecular weight excluding hydrogens is 176 g/mol. The van der Waals surface area contributed by atoms with E-state index in [0.717, 1.165) is 5.82 Å². The SMILES string of the molecule is COc1cccc(NC2CC2(C)C)n1. The summed E-state index contributed by atoms with van der Waals surface area (Å²) in [6, 6.07) is 6.33. The van der Waals surface area contributed by atoms with Crippen molar-refractivity contribution in [2.24, 2.45) is 5.41 Å². The molecular formula is C11H16N2O. The van der Waals surface area contributed by atoms with Gasteiger partial charge in [0.2, 0.25) is 5.88 Å². The van der Waals surface area contributed by atoms with E-state index in [4.69, 9.17) is 4.74 Å². The van der Waals surface area contributed by atoms with E-state index in [1.165, 1.54) is 6.42 Å². The minimum absolute atomic E-state index is 0.421. The maximum atomic E-state index is 5.06. The lowest BCUT2D eigenvalue weighted by molar-refractivity contribution is 0.398. The van der Waals surface area contributed by atoms with Gasteiger partial charge in [0.1, 0.15) is 5.82 Å². The summed E-state index contributed by atoms with van der Waals surface area (Å²) in [6.07, 6.45) is 1.21. The van der Waals surface area contributed by atoms with Crippen LogP contribution in [-0.4, -0.2) is 18.1 Å². The molecule has 1 aromatic heterocycles. The van der Waals surface area contributed by atoms with E-state index in [-0.39, 0.29) is 0 Å². The van der Waals surface area contributed by atoms with Gasteiger partial charge in [-0.1, -0.05) is 19.9 Å². The van der Waals surface area contributed by atoms with Crippen molar-refractivity contribution in [3.05, 3.63) is 18.2 Å². The number of nitrogens with one attached hydrogen (secondary N) is 1. The average molecular weight is 192 g/mol. The van der Waals surface area contributed by atoms with Crippen LogP contribution in [0.5, 0.6) is 5.88 Å². The Bertz CT molecular complexity index is 336. The highest BCUT2D eigenvalue weighted by Gasteiger charge is 2.45. The fourth-order valence-corrected chi connectivity index (χ4v) is 1.50. The third-order valence-corrected chi connectivity index (χ3v) is 2.77. The third-order valence-electron chi connectivity index (χ3n) is 2.77. The maximum Gasteiger partial charge on any atom is 0.214 e. The molecule has 1 atom stereocenters. The largest absolute Gasteiger partial charge is 0.481 e. The molecule has 0 aliphatic heterocycles. The van der Waals surface area contributed by atoms with E-state index in [0.29, 0.717) is 17.3 Å². The van der Waals surface area contributed by atoms with Gasteiger partial charge in [0, 0.05) is 12.1 Å². The zero-order valence-corrected chi connectivity index (χ0v) is 8.87. The van der Waals surface area contributed by atoms with Crippen LogP contribution in [0.2, 0.25) is 0 Å². The van der Waals surface area contributed by atoms with Gasteiger partial charge < -0.3 is 10.1 Å². The van der Waals surface area contributed by atoms with Gasteiger partial charge in [-0.3, -0.25) is 0 Å². The molecule has 2 rings (SSSR count). The first kappa shape index (κ1) is 9.31. The van der Waals surface area contributed by atoms with E-state index in [2.05, 4.69) is 24.1 Å². The first-order valence-corrected chi connectivity index (χ1v) is 4.89. The van der Waals surface area contributed by atoms with Crippen molar-refractivity contribution in [3.8, 4) is 5.88 Å². The lowest BCUT2D eigenvalue weighted by Crippen LogP contribution is -2.09. The van der Waals surface area contributed by atoms with Gasteiger partial charge in [-0.25, -0.2) is 0 Å².